The Morgan fingerprint density at radius 3 is 2.48 bits per heavy atom. The molecule has 1 saturated carbocycles. The average Bonchev–Trinajstić information content (AvgIpc) is 3.33. The number of halogens is 2. The van der Waals surface area contributed by atoms with Gasteiger partial charge in [-0.3, -0.25) is 4.79 Å². The average molecular weight is 387 g/mol. The SMILES string of the molecule is C[C@]1(c2ccccc2F)C[C@H]1NC1CCN(C(=O)c2ccc(Cl)cc2)CC1. The molecule has 2 aromatic carbocycles. The van der Waals surface area contributed by atoms with Gasteiger partial charge in [-0.2, -0.15) is 0 Å². The van der Waals surface area contributed by atoms with E-state index in [1.165, 1.54) is 6.07 Å². The van der Waals surface area contributed by atoms with Crippen LogP contribution in [0.15, 0.2) is 48.5 Å². The van der Waals surface area contributed by atoms with Crippen LogP contribution in [0.5, 0.6) is 0 Å². The van der Waals surface area contributed by atoms with Crippen LogP contribution in [-0.2, 0) is 5.41 Å². The highest BCUT2D eigenvalue weighted by molar-refractivity contribution is 6.30. The number of likely N-dealkylation sites (tertiary alicyclic amines) is 1. The van der Waals surface area contributed by atoms with E-state index in [9.17, 15) is 9.18 Å². The molecule has 1 aliphatic heterocycles. The lowest BCUT2D eigenvalue weighted by Crippen LogP contribution is -2.46. The number of rotatable bonds is 4. The van der Waals surface area contributed by atoms with Gasteiger partial charge in [-0.25, -0.2) is 4.39 Å². The van der Waals surface area contributed by atoms with Crippen molar-refractivity contribution < 1.29 is 9.18 Å². The van der Waals surface area contributed by atoms with Gasteiger partial charge in [0, 0.05) is 41.2 Å². The van der Waals surface area contributed by atoms with Gasteiger partial charge in [0.1, 0.15) is 5.82 Å². The molecule has 0 spiro atoms. The summed E-state index contributed by atoms with van der Waals surface area (Å²) in [5, 5.41) is 4.33. The predicted octanol–water partition coefficient (Wildman–Crippen LogP) is 4.40. The molecule has 0 unspecified atom stereocenters. The van der Waals surface area contributed by atoms with Crippen molar-refractivity contribution in [2.45, 2.75) is 43.7 Å². The first-order valence-corrected chi connectivity index (χ1v) is 9.91. The summed E-state index contributed by atoms with van der Waals surface area (Å²) in [4.78, 5) is 14.5. The molecule has 27 heavy (non-hydrogen) atoms. The van der Waals surface area contributed by atoms with E-state index in [2.05, 4.69) is 12.2 Å². The van der Waals surface area contributed by atoms with Crippen LogP contribution < -0.4 is 5.32 Å². The number of hydrogen-bond donors (Lipinski definition) is 1. The quantitative estimate of drug-likeness (QED) is 0.844. The fourth-order valence-corrected chi connectivity index (χ4v) is 4.26. The molecule has 1 amide bonds. The van der Waals surface area contributed by atoms with Gasteiger partial charge in [0.2, 0.25) is 0 Å². The third kappa shape index (κ3) is 3.74. The van der Waals surface area contributed by atoms with Crippen molar-refractivity contribution in [3.63, 3.8) is 0 Å². The molecular formula is C22H24ClFN2O. The van der Waals surface area contributed by atoms with E-state index in [1.807, 2.05) is 17.0 Å². The van der Waals surface area contributed by atoms with Crippen molar-refractivity contribution in [2.24, 2.45) is 0 Å². The highest BCUT2D eigenvalue weighted by atomic mass is 35.5. The molecule has 0 radical (unpaired) electrons. The first-order valence-electron chi connectivity index (χ1n) is 9.53. The van der Waals surface area contributed by atoms with Crippen LogP contribution >= 0.6 is 11.6 Å². The van der Waals surface area contributed by atoms with E-state index < -0.39 is 0 Å². The fraction of sp³-hybridized carbons (Fsp3) is 0.409. The van der Waals surface area contributed by atoms with Gasteiger partial charge >= 0.3 is 0 Å². The maximum Gasteiger partial charge on any atom is 0.253 e. The summed E-state index contributed by atoms with van der Waals surface area (Å²) in [6.07, 6.45) is 2.80. The predicted molar refractivity (Wildman–Crippen MR) is 106 cm³/mol. The molecule has 4 rings (SSSR count). The monoisotopic (exact) mass is 386 g/mol. The number of amides is 1. The Balaban J connectivity index is 1.31. The summed E-state index contributed by atoms with van der Waals surface area (Å²) >= 11 is 5.90. The molecule has 2 atom stereocenters. The maximum atomic E-state index is 14.1. The minimum absolute atomic E-state index is 0.0627. The number of carbonyl (C=O) groups is 1. The fourth-order valence-electron chi connectivity index (χ4n) is 4.14. The van der Waals surface area contributed by atoms with Gasteiger partial charge in [-0.1, -0.05) is 36.7 Å². The van der Waals surface area contributed by atoms with Crippen LogP contribution in [0.4, 0.5) is 4.39 Å². The molecule has 5 heteroatoms. The Bertz CT molecular complexity index is 832. The highest BCUT2D eigenvalue weighted by Crippen LogP contribution is 2.49. The Morgan fingerprint density at radius 2 is 1.81 bits per heavy atom. The summed E-state index contributed by atoms with van der Waals surface area (Å²) in [7, 11) is 0. The van der Waals surface area contributed by atoms with Gasteiger partial charge < -0.3 is 10.2 Å². The number of carbonyl (C=O) groups excluding carboxylic acids is 1. The van der Waals surface area contributed by atoms with E-state index in [0.717, 1.165) is 37.9 Å². The molecular weight excluding hydrogens is 363 g/mol. The van der Waals surface area contributed by atoms with Crippen LogP contribution in [0, 0.1) is 5.82 Å². The van der Waals surface area contributed by atoms with Crippen LogP contribution in [0.3, 0.4) is 0 Å². The van der Waals surface area contributed by atoms with Crippen molar-refractivity contribution in [1.29, 1.82) is 0 Å². The van der Waals surface area contributed by atoms with Gasteiger partial charge in [0.25, 0.3) is 5.91 Å². The van der Waals surface area contributed by atoms with E-state index in [4.69, 9.17) is 11.6 Å². The van der Waals surface area contributed by atoms with Crippen LogP contribution in [-0.4, -0.2) is 36.0 Å². The van der Waals surface area contributed by atoms with Crippen LogP contribution in [0.25, 0.3) is 0 Å². The molecule has 2 aliphatic rings. The first-order chi connectivity index (χ1) is 13.0. The number of nitrogens with one attached hydrogen (secondary N) is 1. The molecule has 1 heterocycles. The minimum atomic E-state index is -0.123. The van der Waals surface area contributed by atoms with Gasteiger partial charge in [0.05, 0.1) is 0 Å². The van der Waals surface area contributed by atoms with E-state index in [1.54, 1.807) is 30.3 Å². The Kier molecular flexibility index (Phi) is 4.95. The van der Waals surface area contributed by atoms with Crippen molar-refractivity contribution in [3.05, 3.63) is 70.5 Å². The lowest BCUT2D eigenvalue weighted by Gasteiger charge is -2.33. The maximum absolute atomic E-state index is 14.1. The second kappa shape index (κ2) is 7.25. The topological polar surface area (TPSA) is 32.3 Å². The molecule has 3 nitrogen and oxygen atoms in total. The molecule has 0 bridgehead atoms. The van der Waals surface area contributed by atoms with E-state index in [-0.39, 0.29) is 17.1 Å². The number of benzene rings is 2. The largest absolute Gasteiger partial charge is 0.339 e. The Hall–Kier alpha value is -1.91. The summed E-state index contributed by atoms with van der Waals surface area (Å²) in [6.45, 7) is 3.60. The summed E-state index contributed by atoms with van der Waals surface area (Å²) in [6, 6.07) is 14.8. The molecule has 142 valence electrons. The Labute approximate surface area is 164 Å². The van der Waals surface area contributed by atoms with Gasteiger partial charge in [-0.05, 0) is 55.2 Å². The second-order valence-corrected chi connectivity index (χ2v) is 8.33. The normalized spacial score (nSPS) is 25.4. The van der Waals surface area contributed by atoms with Gasteiger partial charge in [-0.15, -0.1) is 0 Å². The van der Waals surface area contributed by atoms with E-state index >= 15 is 0 Å². The molecule has 0 aromatic heterocycles. The standard InChI is InChI=1S/C22H24ClFN2O/c1-22(18-4-2-3-5-19(18)24)14-20(22)25-17-10-12-26(13-11-17)21(27)15-6-8-16(23)9-7-15/h2-9,17,20,25H,10-14H2,1H3/t20-,22-/m1/s1. The number of piperidine rings is 1. The van der Waals surface area contributed by atoms with Crippen molar-refractivity contribution >= 4 is 17.5 Å². The third-order valence-corrected chi connectivity index (χ3v) is 6.29. The third-order valence-electron chi connectivity index (χ3n) is 6.04. The van der Waals surface area contributed by atoms with Crippen molar-refractivity contribution in [1.82, 2.24) is 10.2 Å². The van der Waals surface area contributed by atoms with Crippen LogP contribution in [0.2, 0.25) is 5.02 Å². The molecule has 1 aliphatic carbocycles. The molecule has 2 fully saturated rings. The number of nitrogens with zero attached hydrogens (tertiary/aromatic N) is 1. The summed E-state index contributed by atoms with van der Waals surface area (Å²) < 4.78 is 14.1. The minimum Gasteiger partial charge on any atom is -0.339 e. The van der Waals surface area contributed by atoms with Crippen molar-refractivity contribution in [2.75, 3.05) is 13.1 Å². The Morgan fingerprint density at radius 1 is 1.15 bits per heavy atom. The van der Waals surface area contributed by atoms with E-state index in [0.29, 0.717) is 22.7 Å². The van der Waals surface area contributed by atoms with Gasteiger partial charge in [0.15, 0.2) is 0 Å². The van der Waals surface area contributed by atoms with Crippen LogP contribution in [0.1, 0.15) is 42.1 Å². The zero-order chi connectivity index (χ0) is 19.0. The molecule has 1 N–H and O–H groups in total. The highest BCUT2D eigenvalue weighted by Gasteiger charge is 2.53. The number of hydrogen-bond acceptors (Lipinski definition) is 2. The molecule has 2 aromatic rings. The lowest BCUT2D eigenvalue weighted by molar-refractivity contribution is 0.0704. The van der Waals surface area contributed by atoms with Crippen molar-refractivity contribution in [3.8, 4) is 0 Å². The smallest absolute Gasteiger partial charge is 0.253 e. The first kappa shape index (κ1) is 18.5. The zero-order valence-corrected chi connectivity index (χ0v) is 16.2. The molecule has 1 saturated heterocycles. The summed E-state index contributed by atoms with van der Waals surface area (Å²) in [5.41, 5.74) is 1.36. The lowest BCUT2D eigenvalue weighted by atomic mass is 9.96. The second-order valence-electron chi connectivity index (χ2n) is 7.89. The summed E-state index contributed by atoms with van der Waals surface area (Å²) in [5.74, 6) is -0.0552. The zero-order valence-electron chi connectivity index (χ0n) is 15.4.